The van der Waals surface area contributed by atoms with Crippen LogP contribution in [0.25, 0.3) is 0 Å². The van der Waals surface area contributed by atoms with Gasteiger partial charge in [-0.3, -0.25) is 4.79 Å². The first-order chi connectivity index (χ1) is 12.6. The predicted molar refractivity (Wildman–Crippen MR) is 97.7 cm³/mol. The number of anilines is 1. The average molecular weight is 352 g/mol. The SMILES string of the molecule is COc1ccccc1NC(=O)c1ccccc1OCc1c(C)noc1C. The number of methoxy groups -OCH3 is 1. The molecule has 0 saturated carbocycles. The maximum absolute atomic E-state index is 12.7. The third-order valence-electron chi connectivity index (χ3n) is 4.04. The summed E-state index contributed by atoms with van der Waals surface area (Å²) in [5.74, 6) is 1.51. The number of hydrogen-bond donors (Lipinski definition) is 1. The van der Waals surface area contributed by atoms with Gasteiger partial charge in [0.05, 0.1) is 29.6 Å². The topological polar surface area (TPSA) is 73.6 Å². The maximum atomic E-state index is 12.7. The number of nitrogens with one attached hydrogen (secondary N) is 1. The van der Waals surface area contributed by atoms with Gasteiger partial charge in [-0.25, -0.2) is 0 Å². The van der Waals surface area contributed by atoms with Gasteiger partial charge < -0.3 is 19.3 Å². The maximum Gasteiger partial charge on any atom is 0.259 e. The van der Waals surface area contributed by atoms with E-state index in [1.54, 1.807) is 37.4 Å². The van der Waals surface area contributed by atoms with Crippen molar-refractivity contribution in [2.45, 2.75) is 20.5 Å². The number of rotatable bonds is 6. The zero-order valence-corrected chi connectivity index (χ0v) is 14.9. The molecule has 0 spiro atoms. The molecule has 1 amide bonds. The average Bonchev–Trinajstić information content (AvgIpc) is 2.98. The van der Waals surface area contributed by atoms with E-state index in [9.17, 15) is 4.79 Å². The van der Waals surface area contributed by atoms with Gasteiger partial charge in [-0.1, -0.05) is 29.4 Å². The Hall–Kier alpha value is -3.28. The monoisotopic (exact) mass is 352 g/mol. The molecule has 1 aromatic heterocycles. The molecule has 3 aromatic rings. The van der Waals surface area contributed by atoms with E-state index >= 15 is 0 Å². The molecule has 134 valence electrons. The first kappa shape index (κ1) is 17.5. The molecule has 0 aliphatic heterocycles. The van der Waals surface area contributed by atoms with Gasteiger partial charge in [0.15, 0.2) is 0 Å². The standard InChI is InChI=1S/C20H20N2O4/c1-13-16(14(2)26-22-13)12-25-18-10-6-4-8-15(18)20(23)21-17-9-5-7-11-19(17)24-3/h4-11H,12H2,1-3H3,(H,21,23). The van der Waals surface area contributed by atoms with Gasteiger partial charge in [0.25, 0.3) is 5.91 Å². The highest BCUT2D eigenvalue weighted by molar-refractivity contribution is 6.06. The summed E-state index contributed by atoms with van der Waals surface area (Å²) >= 11 is 0. The molecule has 0 unspecified atom stereocenters. The fourth-order valence-electron chi connectivity index (χ4n) is 2.58. The van der Waals surface area contributed by atoms with Crippen LogP contribution in [0.1, 0.15) is 27.4 Å². The van der Waals surface area contributed by atoms with E-state index in [4.69, 9.17) is 14.0 Å². The Morgan fingerprint density at radius 3 is 2.46 bits per heavy atom. The van der Waals surface area contributed by atoms with Crippen molar-refractivity contribution >= 4 is 11.6 Å². The summed E-state index contributed by atoms with van der Waals surface area (Å²) in [4.78, 5) is 12.7. The quantitative estimate of drug-likeness (QED) is 0.722. The minimum absolute atomic E-state index is 0.274. The number of para-hydroxylation sites is 3. The van der Waals surface area contributed by atoms with E-state index in [0.29, 0.717) is 28.5 Å². The largest absolute Gasteiger partial charge is 0.495 e. The van der Waals surface area contributed by atoms with Gasteiger partial charge in [-0.2, -0.15) is 0 Å². The van der Waals surface area contributed by atoms with E-state index in [-0.39, 0.29) is 12.5 Å². The van der Waals surface area contributed by atoms with Gasteiger partial charge in [0, 0.05) is 0 Å². The van der Waals surface area contributed by atoms with Crippen LogP contribution in [0.3, 0.4) is 0 Å². The number of carbonyl (C=O) groups excluding carboxylic acids is 1. The Morgan fingerprint density at radius 2 is 1.77 bits per heavy atom. The van der Waals surface area contributed by atoms with Crippen LogP contribution < -0.4 is 14.8 Å². The molecule has 0 aliphatic rings. The normalized spacial score (nSPS) is 10.4. The van der Waals surface area contributed by atoms with Crippen LogP contribution in [0.15, 0.2) is 53.1 Å². The Labute approximate surface area is 151 Å². The first-order valence-electron chi connectivity index (χ1n) is 8.18. The molecule has 3 rings (SSSR count). The van der Waals surface area contributed by atoms with Crippen molar-refractivity contribution in [1.82, 2.24) is 5.16 Å². The molecule has 0 fully saturated rings. The number of amides is 1. The van der Waals surface area contributed by atoms with Crippen molar-refractivity contribution in [2.75, 3.05) is 12.4 Å². The molecule has 0 radical (unpaired) electrons. The predicted octanol–water partition coefficient (Wildman–Crippen LogP) is 4.13. The molecule has 26 heavy (non-hydrogen) atoms. The summed E-state index contributed by atoms with van der Waals surface area (Å²) in [6.07, 6.45) is 0. The molecule has 0 aliphatic carbocycles. The lowest BCUT2D eigenvalue weighted by Crippen LogP contribution is -2.14. The summed E-state index contributed by atoms with van der Waals surface area (Å²) in [5.41, 5.74) is 2.69. The highest BCUT2D eigenvalue weighted by Gasteiger charge is 2.16. The Bertz CT molecular complexity index is 898. The minimum atomic E-state index is -0.274. The van der Waals surface area contributed by atoms with E-state index in [2.05, 4.69) is 10.5 Å². The fourth-order valence-corrected chi connectivity index (χ4v) is 2.58. The van der Waals surface area contributed by atoms with Gasteiger partial charge in [-0.15, -0.1) is 0 Å². The zero-order valence-electron chi connectivity index (χ0n) is 14.9. The second-order valence-electron chi connectivity index (χ2n) is 5.74. The van der Waals surface area contributed by atoms with Crippen LogP contribution >= 0.6 is 0 Å². The van der Waals surface area contributed by atoms with Gasteiger partial charge in [-0.05, 0) is 38.1 Å². The summed E-state index contributed by atoms with van der Waals surface area (Å²) in [6.45, 7) is 3.97. The number of nitrogens with zero attached hydrogens (tertiary/aromatic N) is 1. The smallest absolute Gasteiger partial charge is 0.259 e. The first-order valence-corrected chi connectivity index (χ1v) is 8.18. The highest BCUT2D eigenvalue weighted by Crippen LogP contribution is 2.26. The number of aromatic nitrogens is 1. The van der Waals surface area contributed by atoms with E-state index < -0.39 is 0 Å². The molecule has 6 nitrogen and oxygen atoms in total. The number of ether oxygens (including phenoxy) is 2. The van der Waals surface area contributed by atoms with Crippen molar-refractivity contribution in [3.63, 3.8) is 0 Å². The van der Waals surface area contributed by atoms with E-state index in [1.165, 1.54) is 0 Å². The lowest BCUT2D eigenvalue weighted by atomic mass is 10.1. The molecule has 1 N–H and O–H groups in total. The van der Waals surface area contributed by atoms with Crippen molar-refractivity contribution in [2.24, 2.45) is 0 Å². The third-order valence-corrected chi connectivity index (χ3v) is 4.04. The van der Waals surface area contributed by atoms with Gasteiger partial charge >= 0.3 is 0 Å². The molecule has 1 heterocycles. The van der Waals surface area contributed by atoms with Crippen LogP contribution in [-0.4, -0.2) is 18.2 Å². The molecule has 0 bridgehead atoms. The third kappa shape index (κ3) is 3.69. The molecule has 6 heteroatoms. The van der Waals surface area contributed by atoms with Crippen LogP contribution in [0.2, 0.25) is 0 Å². The summed E-state index contributed by atoms with van der Waals surface area (Å²) < 4.78 is 16.3. The van der Waals surface area contributed by atoms with E-state index in [1.807, 2.05) is 32.0 Å². The Morgan fingerprint density at radius 1 is 1.08 bits per heavy atom. The van der Waals surface area contributed by atoms with Crippen molar-refractivity contribution in [3.05, 3.63) is 71.1 Å². The van der Waals surface area contributed by atoms with Crippen LogP contribution in [0.4, 0.5) is 5.69 Å². The molecule has 0 atom stereocenters. The summed E-state index contributed by atoms with van der Waals surface area (Å²) in [5, 5.41) is 6.77. The van der Waals surface area contributed by atoms with Crippen LogP contribution in [0, 0.1) is 13.8 Å². The van der Waals surface area contributed by atoms with Crippen molar-refractivity contribution < 1.29 is 18.8 Å². The summed E-state index contributed by atoms with van der Waals surface area (Å²) in [7, 11) is 1.56. The van der Waals surface area contributed by atoms with Crippen LogP contribution in [0.5, 0.6) is 11.5 Å². The second-order valence-corrected chi connectivity index (χ2v) is 5.74. The number of hydrogen-bond acceptors (Lipinski definition) is 5. The van der Waals surface area contributed by atoms with Gasteiger partial charge in [0.1, 0.15) is 23.9 Å². The lowest BCUT2D eigenvalue weighted by Gasteiger charge is -2.13. The molecule has 0 saturated heterocycles. The van der Waals surface area contributed by atoms with Crippen molar-refractivity contribution in [3.8, 4) is 11.5 Å². The van der Waals surface area contributed by atoms with Crippen molar-refractivity contribution in [1.29, 1.82) is 0 Å². The highest BCUT2D eigenvalue weighted by atomic mass is 16.5. The molecular weight excluding hydrogens is 332 g/mol. The Kier molecular flexibility index (Phi) is 5.22. The zero-order chi connectivity index (χ0) is 18.5. The second kappa shape index (κ2) is 7.74. The molecular formula is C20H20N2O4. The van der Waals surface area contributed by atoms with Crippen LogP contribution in [-0.2, 0) is 6.61 Å². The number of carbonyl (C=O) groups is 1. The number of benzene rings is 2. The lowest BCUT2D eigenvalue weighted by molar-refractivity contribution is 0.102. The minimum Gasteiger partial charge on any atom is -0.495 e. The fraction of sp³-hybridized carbons (Fsp3) is 0.200. The Balaban J connectivity index is 1.79. The van der Waals surface area contributed by atoms with E-state index in [0.717, 1.165) is 11.3 Å². The van der Waals surface area contributed by atoms with Gasteiger partial charge in [0.2, 0.25) is 0 Å². The summed E-state index contributed by atoms with van der Waals surface area (Å²) in [6, 6.07) is 14.3. The molecule has 2 aromatic carbocycles. The number of aryl methyl sites for hydroxylation is 2.